The fourth-order valence-electron chi connectivity index (χ4n) is 2.95. The SMILES string of the molecule is NC(=O)CN1C(=O)[C@](O)(CC(=O)c2ccccc2)c2ccccc21. The second kappa shape index (κ2) is 5.90. The number of ketones is 1. The summed E-state index contributed by atoms with van der Waals surface area (Å²) < 4.78 is 0. The Hall–Kier alpha value is -2.99. The number of rotatable bonds is 5. The number of hydrogen-bond acceptors (Lipinski definition) is 4. The smallest absolute Gasteiger partial charge is 0.264 e. The van der Waals surface area contributed by atoms with Gasteiger partial charge < -0.3 is 10.8 Å². The van der Waals surface area contributed by atoms with Crippen molar-refractivity contribution in [1.82, 2.24) is 0 Å². The van der Waals surface area contributed by atoms with E-state index in [-0.39, 0.29) is 12.3 Å². The highest BCUT2D eigenvalue weighted by atomic mass is 16.3. The lowest BCUT2D eigenvalue weighted by Crippen LogP contribution is -2.44. The zero-order valence-electron chi connectivity index (χ0n) is 12.8. The molecular weight excluding hydrogens is 308 g/mol. The number of nitrogens with zero attached hydrogens (tertiary/aromatic N) is 1. The number of Topliss-reactive ketones (excluding diaryl/α,β-unsaturated/α-hetero) is 1. The predicted molar refractivity (Wildman–Crippen MR) is 87.3 cm³/mol. The first-order valence-electron chi connectivity index (χ1n) is 7.44. The molecule has 0 aliphatic carbocycles. The van der Waals surface area contributed by atoms with Crippen molar-refractivity contribution in [3.05, 3.63) is 65.7 Å². The van der Waals surface area contributed by atoms with Crippen molar-refractivity contribution in [2.24, 2.45) is 5.73 Å². The summed E-state index contributed by atoms with van der Waals surface area (Å²) in [6, 6.07) is 15.0. The standard InChI is InChI=1S/C18H16N2O4/c19-16(22)11-20-14-9-5-4-8-13(14)18(24,17(20)23)10-15(21)12-6-2-1-3-7-12/h1-9,24H,10-11H2,(H2,19,22)/t18-/m0/s1. The molecule has 1 heterocycles. The van der Waals surface area contributed by atoms with Gasteiger partial charge in [-0.15, -0.1) is 0 Å². The van der Waals surface area contributed by atoms with Crippen molar-refractivity contribution < 1.29 is 19.5 Å². The molecule has 1 atom stereocenters. The molecule has 3 rings (SSSR count). The van der Waals surface area contributed by atoms with E-state index in [0.29, 0.717) is 16.8 Å². The Morgan fingerprint density at radius 2 is 1.67 bits per heavy atom. The molecule has 0 aromatic heterocycles. The van der Waals surface area contributed by atoms with Crippen molar-refractivity contribution in [3.8, 4) is 0 Å². The largest absolute Gasteiger partial charge is 0.375 e. The highest BCUT2D eigenvalue weighted by Crippen LogP contribution is 2.42. The van der Waals surface area contributed by atoms with E-state index in [9.17, 15) is 19.5 Å². The van der Waals surface area contributed by atoms with E-state index < -0.39 is 23.8 Å². The van der Waals surface area contributed by atoms with Gasteiger partial charge in [0.1, 0.15) is 6.54 Å². The summed E-state index contributed by atoms with van der Waals surface area (Å²) in [6.07, 6.45) is -0.401. The summed E-state index contributed by atoms with van der Waals surface area (Å²) in [5.74, 6) is -1.77. The third-order valence-electron chi connectivity index (χ3n) is 4.07. The molecule has 0 bridgehead atoms. The number of anilines is 1. The van der Waals surface area contributed by atoms with Crippen molar-refractivity contribution in [1.29, 1.82) is 0 Å². The third-order valence-corrected chi connectivity index (χ3v) is 4.07. The molecule has 2 aromatic rings. The second-order valence-electron chi connectivity index (χ2n) is 5.70. The molecular formula is C18H16N2O4. The molecule has 6 heteroatoms. The summed E-state index contributed by atoms with van der Waals surface area (Å²) in [6.45, 7) is -0.350. The van der Waals surface area contributed by atoms with Crippen LogP contribution in [0.25, 0.3) is 0 Å². The van der Waals surface area contributed by atoms with Crippen LogP contribution in [0.15, 0.2) is 54.6 Å². The van der Waals surface area contributed by atoms with Crippen molar-refractivity contribution >= 4 is 23.3 Å². The first-order valence-corrected chi connectivity index (χ1v) is 7.44. The zero-order valence-corrected chi connectivity index (χ0v) is 12.8. The van der Waals surface area contributed by atoms with Crippen LogP contribution in [0.1, 0.15) is 22.3 Å². The van der Waals surface area contributed by atoms with Gasteiger partial charge in [0, 0.05) is 11.1 Å². The van der Waals surface area contributed by atoms with E-state index >= 15 is 0 Å². The number of para-hydroxylation sites is 1. The molecule has 0 unspecified atom stereocenters. The van der Waals surface area contributed by atoms with Crippen molar-refractivity contribution in [2.45, 2.75) is 12.0 Å². The Bertz CT molecular complexity index is 819. The quantitative estimate of drug-likeness (QED) is 0.801. The number of primary amides is 1. The van der Waals surface area contributed by atoms with E-state index in [0.717, 1.165) is 4.90 Å². The number of nitrogens with two attached hydrogens (primary N) is 1. The van der Waals surface area contributed by atoms with Gasteiger partial charge in [-0.3, -0.25) is 19.3 Å². The van der Waals surface area contributed by atoms with Gasteiger partial charge in [0.25, 0.3) is 5.91 Å². The highest BCUT2D eigenvalue weighted by molar-refractivity contribution is 6.12. The van der Waals surface area contributed by atoms with Gasteiger partial charge in [0.15, 0.2) is 11.4 Å². The molecule has 2 aromatic carbocycles. The Kier molecular flexibility index (Phi) is 3.91. The average molecular weight is 324 g/mol. The molecule has 0 saturated carbocycles. The minimum atomic E-state index is -2.00. The number of carbonyl (C=O) groups excluding carboxylic acids is 3. The van der Waals surface area contributed by atoms with Gasteiger partial charge >= 0.3 is 0 Å². The average Bonchev–Trinajstić information content (AvgIpc) is 2.78. The van der Waals surface area contributed by atoms with Crippen molar-refractivity contribution in [3.63, 3.8) is 0 Å². The molecule has 0 saturated heterocycles. The number of aliphatic hydroxyl groups is 1. The molecule has 0 fully saturated rings. The van der Waals surface area contributed by atoms with Crippen LogP contribution < -0.4 is 10.6 Å². The predicted octanol–water partition coefficient (Wildman–Crippen LogP) is 0.979. The minimum Gasteiger partial charge on any atom is -0.375 e. The Labute approximate surface area is 138 Å². The normalized spacial score (nSPS) is 19.2. The van der Waals surface area contributed by atoms with E-state index in [2.05, 4.69) is 0 Å². The Morgan fingerprint density at radius 3 is 2.33 bits per heavy atom. The van der Waals surface area contributed by atoms with Crippen LogP contribution in [0, 0.1) is 0 Å². The van der Waals surface area contributed by atoms with E-state index in [1.54, 1.807) is 54.6 Å². The lowest BCUT2D eigenvalue weighted by atomic mass is 9.88. The highest BCUT2D eigenvalue weighted by Gasteiger charge is 2.51. The summed E-state index contributed by atoms with van der Waals surface area (Å²) in [5.41, 5.74) is 4.30. The van der Waals surface area contributed by atoms with E-state index in [4.69, 9.17) is 5.73 Å². The minimum absolute atomic E-state index is 0.306. The third kappa shape index (κ3) is 2.57. The fraction of sp³-hybridized carbons (Fsp3) is 0.167. The van der Waals surface area contributed by atoms with Crippen LogP contribution >= 0.6 is 0 Å². The van der Waals surface area contributed by atoms with Gasteiger partial charge in [-0.1, -0.05) is 48.5 Å². The summed E-state index contributed by atoms with van der Waals surface area (Å²) in [7, 11) is 0. The lowest BCUT2D eigenvalue weighted by molar-refractivity contribution is -0.136. The summed E-state index contributed by atoms with van der Waals surface area (Å²) >= 11 is 0. The topological polar surface area (TPSA) is 101 Å². The number of carbonyl (C=O) groups is 3. The van der Waals surface area contributed by atoms with Crippen LogP contribution in [0.2, 0.25) is 0 Å². The van der Waals surface area contributed by atoms with Gasteiger partial charge in [0.2, 0.25) is 5.91 Å². The first-order chi connectivity index (χ1) is 11.4. The zero-order chi connectivity index (χ0) is 17.3. The molecule has 0 radical (unpaired) electrons. The Balaban J connectivity index is 1.98. The molecule has 24 heavy (non-hydrogen) atoms. The van der Waals surface area contributed by atoms with Crippen molar-refractivity contribution in [2.75, 3.05) is 11.4 Å². The molecule has 2 amide bonds. The maximum absolute atomic E-state index is 12.7. The van der Waals surface area contributed by atoms with Gasteiger partial charge in [-0.2, -0.15) is 0 Å². The molecule has 122 valence electrons. The first kappa shape index (κ1) is 15.9. The molecule has 6 nitrogen and oxygen atoms in total. The van der Waals surface area contributed by atoms with E-state index in [1.165, 1.54) is 0 Å². The number of hydrogen-bond donors (Lipinski definition) is 2. The monoisotopic (exact) mass is 324 g/mol. The van der Waals surface area contributed by atoms with Crippen LogP contribution in [-0.4, -0.2) is 29.2 Å². The molecule has 0 spiro atoms. The summed E-state index contributed by atoms with van der Waals surface area (Å²) in [5, 5.41) is 11.0. The number of amides is 2. The second-order valence-corrected chi connectivity index (χ2v) is 5.70. The maximum atomic E-state index is 12.7. The summed E-state index contributed by atoms with van der Waals surface area (Å²) in [4.78, 5) is 37.5. The fourth-order valence-corrected chi connectivity index (χ4v) is 2.95. The molecule has 1 aliphatic heterocycles. The number of benzene rings is 2. The lowest BCUT2D eigenvalue weighted by Gasteiger charge is -2.22. The van der Waals surface area contributed by atoms with Crippen LogP contribution in [0.5, 0.6) is 0 Å². The van der Waals surface area contributed by atoms with E-state index in [1.807, 2.05) is 0 Å². The molecule has 3 N–H and O–H groups in total. The van der Waals surface area contributed by atoms with Gasteiger partial charge in [-0.25, -0.2) is 0 Å². The van der Waals surface area contributed by atoms with Crippen LogP contribution in [0.4, 0.5) is 5.69 Å². The van der Waals surface area contributed by atoms with Gasteiger partial charge in [-0.05, 0) is 6.07 Å². The Morgan fingerprint density at radius 1 is 1.04 bits per heavy atom. The maximum Gasteiger partial charge on any atom is 0.264 e. The molecule has 1 aliphatic rings. The van der Waals surface area contributed by atoms with Crippen LogP contribution in [-0.2, 0) is 15.2 Å². The van der Waals surface area contributed by atoms with Gasteiger partial charge in [0.05, 0.1) is 12.1 Å². The van der Waals surface area contributed by atoms with Crippen LogP contribution in [0.3, 0.4) is 0 Å². The number of fused-ring (bicyclic) bond motifs is 1.